The van der Waals surface area contributed by atoms with E-state index in [9.17, 15) is 4.39 Å². The molecule has 0 saturated carbocycles. The van der Waals surface area contributed by atoms with Gasteiger partial charge in [0.05, 0.1) is 6.04 Å². The fraction of sp³-hybridized carbons (Fsp3) is 1.00. The molecule has 3 heteroatoms. The lowest BCUT2D eigenvalue weighted by Crippen LogP contribution is -2.50. The first-order valence-corrected chi connectivity index (χ1v) is 4.30. The molecular weight excluding hydrogens is 143 g/mol. The minimum atomic E-state index is -0.647. The maximum atomic E-state index is 13.1. The Labute approximate surface area is 69.2 Å². The number of halogens is 1. The van der Waals surface area contributed by atoms with Crippen molar-refractivity contribution in [2.45, 2.75) is 25.6 Å². The molecule has 0 radical (unpaired) electrons. The summed E-state index contributed by atoms with van der Waals surface area (Å²) in [5, 5.41) is 3.15. The molecule has 0 amide bonds. The van der Waals surface area contributed by atoms with Crippen molar-refractivity contribution in [3.8, 4) is 0 Å². The number of likely N-dealkylation sites (N-methyl/N-ethyl adjacent to an activating group) is 2. The van der Waals surface area contributed by atoms with Crippen molar-refractivity contribution in [1.82, 2.24) is 10.2 Å². The number of nitrogens with zero attached hydrogens (tertiary/aromatic N) is 1. The van der Waals surface area contributed by atoms with Crippen LogP contribution in [0.15, 0.2) is 0 Å². The zero-order valence-electron chi connectivity index (χ0n) is 7.31. The van der Waals surface area contributed by atoms with Crippen LogP contribution >= 0.6 is 0 Å². The maximum absolute atomic E-state index is 13.1. The zero-order valence-corrected chi connectivity index (χ0v) is 7.31. The van der Waals surface area contributed by atoms with Crippen molar-refractivity contribution in [3.05, 3.63) is 0 Å². The fourth-order valence-electron chi connectivity index (χ4n) is 1.54. The van der Waals surface area contributed by atoms with E-state index in [1.54, 1.807) is 0 Å². The Balaban J connectivity index is 0.00000121. The largest absolute Gasteiger partial charge is 0.310 e. The van der Waals surface area contributed by atoms with Gasteiger partial charge in [-0.25, -0.2) is 4.39 Å². The number of nitrogens with one attached hydrogen (secondary N) is 1. The molecule has 11 heavy (non-hydrogen) atoms. The smallest absolute Gasteiger partial charge is 0.118 e. The normalized spacial score (nSPS) is 34.1. The predicted octanol–water partition coefficient (Wildman–Crippen LogP) is 0.884. The van der Waals surface area contributed by atoms with Crippen LogP contribution in [0.25, 0.3) is 0 Å². The molecule has 1 fully saturated rings. The molecule has 1 N–H and O–H groups in total. The molecule has 1 saturated heterocycles. The van der Waals surface area contributed by atoms with Gasteiger partial charge in [0.25, 0.3) is 0 Å². The summed E-state index contributed by atoms with van der Waals surface area (Å²) < 4.78 is 13.1. The van der Waals surface area contributed by atoms with Crippen LogP contribution in [0.3, 0.4) is 0 Å². The molecule has 2 atom stereocenters. The lowest BCUT2D eigenvalue weighted by molar-refractivity contribution is 0.128. The summed E-state index contributed by atoms with van der Waals surface area (Å²) in [4.78, 5) is 2.17. The lowest BCUT2D eigenvalue weighted by Gasteiger charge is -2.32. The molecule has 2 unspecified atom stereocenters. The highest BCUT2D eigenvalue weighted by molar-refractivity contribution is 4.83. The second-order valence-electron chi connectivity index (χ2n) is 3.23. The van der Waals surface area contributed by atoms with Crippen LogP contribution in [-0.2, 0) is 0 Å². The average Bonchev–Trinajstić information content (AvgIpc) is 1.98. The molecule has 2 nitrogen and oxygen atoms in total. The van der Waals surface area contributed by atoms with Crippen molar-refractivity contribution in [2.75, 3.05) is 26.7 Å². The first kappa shape index (κ1) is 8.94. The van der Waals surface area contributed by atoms with E-state index < -0.39 is 6.17 Å². The van der Waals surface area contributed by atoms with Gasteiger partial charge in [-0.05, 0) is 20.0 Å². The van der Waals surface area contributed by atoms with E-state index in [-0.39, 0.29) is 7.47 Å². The summed E-state index contributed by atoms with van der Waals surface area (Å²) in [5.74, 6) is 0. The van der Waals surface area contributed by atoms with Crippen molar-refractivity contribution in [3.63, 3.8) is 0 Å². The number of likely N-dealkylation sites (tertiary alicyclic amines) is 1. The summed E-state index contributed by atoms with van der Waals surface area (Å²) in [6, 6.07) is 0.0544. The molecule has 0 bridgehead atoms. The zero-order chi connectivity index (χ0) is 8.27. The summed E-state index contributed by atoms with van der Waals surface area (Å²) in [7, 11) is 2.04. The number of hydrogen-bond acceptors (Lipinski definition) is 2. The molecule has 0 spiro atoms. The van der Waals surface area contributed by atoms with Crippen LogP contribution in [-0.4, -0.2) is 43.8 Å². The lowest BCUT2D eigenvalue weighted by atomic mass is 10.0. The van der Waals surface area contributed by atoms with E-state index in [4.69, 9.17) is 0 Å². The van der Waals surface area contributed by atoms with E-state index in [1.807, 2.05) is 14.0 Å². The average molecular weight is 162 g/mol. The standard InChI is InChI=1S/C8H17FN2.H2/c1-3-10-8-6-11(2)5-4-7(8)9;/h7-8,10H,3-6H2,1-2H3;1H. The predicted molar refractivity (Wildman–Crippen MR) is 46.6 cm³/mol. The van der Waals surface area contributed by atoms with E-state index in [1.165, 1.54) is 0 Å². The SMILES string of the molecule is CCNC1CN(C)CCC1F.[HH]. The molecule has 1 aliphatic rings. The van der Waals surface area contributed by atoms with Gasteiger partial charge in [0, 0.05) is 14.5 Å². The monoisotopic (exact) mass is 162 g/mol. The van der Waals surface area contributed by atoms with Gasteiger partial charge in [-0.1, -0.05) is 6.92 Å². The van der Waals surface area contributed by atoms with Gasteiger partial charge in [-0.2, -0.15) is 0 Å². The number of hydrogen-bond donors (Lipinski definition) is 1. The minimum Gasteiger partial charge on any atom is -0.310 e. The van der Waals surface area contributed by atoms with E-state index >= 15 is 0 Å². The molecule has 1 aliphatic heterocycles. The van der Waals surface area contributed by atoms with Gasteiger partial charge < -0.3 is 10.2 Å². The summed E-state index contributed by atoms with van der Waals surface area (Å²) in [6.07, 6.45) is 0.0277. The van der Waals surface area contributed by atoms with Gasteiger partial charge in [0.2, 0.25) is 0 Å². The topological polar surface area (TPSA) is 15.3 Å². The Morgan fingerprint density at radius 1 is 1.73 bits per heavy atom. The van der Waals surface area contributed by atoms with Crippen molar-refractivity contribution >= 4 is 0 Å². The Morgan fingerprint density at radius 3 is 3.09 bits per heavy atom. The molecule has 0 aromatic heterocycles. The van der Waals surface area contributed by atoms with Crippen molar-refractivity contribution < 1.29 is 5.82 Å². The van der Waals surface area contributed by atoms with Crippen LogP contribution in [0.5, 0.6) is 0 Å². The Hall–Kier alpha value is -0.150. The van der Waals surface area contributed by atoms with E-state index in [0.717, 1.165) is 19.6 Å². The number of alkyl halides is 1. The molecule has 1 heterocycles. The second kappa shape index (κ2) is 4.02. The van der Waals surface area contributed by atoms with Gasteiger partial charge >= 0.3 is 0 Å². The highest BCUT2D eigenvalue weighted by atomic mass is 19.1. The number of piperidine rings is 1. The molecule has 0 aromatic carbocycles. The first-order chi connectivity index (χ1) is 5.24. The molecule has 1 rings (SSSR count). The Bertz CT molecular complexity index is 124. The summed E-state index contributed by atoms with van der Waals surface area (Å²) >= 11 is 0. The first-order valence-electron chi connectivity index (χ1n) is 4.30. The van der Waals surface area contributed by atoms with Gasteiger partial charge in [-0.3, -0.25) is 0 Å². The van der Waals surface area contributed by atoms with Crippen LogP contribution in [0, 0.1) is 0 Å². The molecule has 68 valence electrons. The van der Waals surface area contributed by atoms with E-state index in [0.29, 0.717) is 6.42 Å². The third-order valence-corrected chi connectivity index (χ3v) is 2.20. The molecule has 0 aliphatic carbocycles. The third kappa shape index (κ3) is 2.42. The highest BCUT2D eigenvalue weighted by Gasteiger charge is 2.26. The quantitative estimate of drug-likeness (QED) is 0.648. The van der Waals surface area contributed by atoms with Crippen LogP contribution in [0.4, 0.5) is 4.39 Å². The van der Waals surface area contributed by atoms with Crippen LogP contribution < -0.4 is 5.32 Å². The second-order valence-corrected chi connectivity index (χ2v) is 3.23. The summed E-state index contributed by atoms with van der Waals surface area (Å²) in [5.41, 5.74) is 0. The van der Waals surface area contributed by atoms with Crippen LogP contribution in [0.2, 0.25) is 0 Å². The fourth-order valence-corrected chi connectivity index (χ4v) is 1.54. The van der Waals surface area contributed by atoms with Crippen molar-refractivity contribution in [2.24, 2.45) is 0 Å². The highest BCUT2D eigenvalue weighted by Crippen LogP contribution is 2.12. The number of rotatable bonds is 2. The Morgan fingerprint density at radius 2 is 2.45 bits per heavy atom. The third-order valence-electron chi connectivity index (χ3n) is 2.20. The summed E-state index contributed by atoms with van der Waals surface area (Å²) in [6.45, 7) is 4.61. The minimum absolute atomic E-state index is 0. The van der Waals surface area contributed by atoms with Gasteiger partial charge in [0.1, 0.15) is 6.17 Å². The maximum Gasteiger partial charge on any atom is 0.118 e. The van der Waals surface area contributed by atoms with Crippen molar-refractivity contribution in [1.29, 1.82) is 0 Å². The van der Waals surface area contributed by atoms with Gasteiger partial charge in [-0.15, -0.1) is 0 Å². The van der Waals surface area contributed by atoms with Crippen LogP contribution in [0.1, 0.15) is 14.8 Å². The van der Waals surface area contributed by atoms with E-state index in [2.05, 4.69) is 10.2 Å². The molecular formula is C8H19FN2. The van der Waals surface area contributed by atoms with Gasteiger partial charge in [0.15, 0.2) is 0 Å². The molecule has 0 aromatic rings. The Kier molecular flexibility index (Phi) is 3.27.